The number of hydrogen-bond acceptors (Lipinski definition) is 5. The lowest BCUT2D eigenvalue weighted by Gasteiger charge is -2.38. The number of fused-ring (bicyclic) bond motifs is 1. The van der Waals surface area contributed by atoms with Crippen LogP contribution in [0.5, 0.6) is 5.75 Å². The lowest BCUT2D eigenvalue weighted by Crippen LogP contribution is -2.50. The molecule has 0 bridgehead atoms. The molecule has 3 atom stereocenters. The molecule has 1 aliphatic carbocycles. The molecule has 162 valence electrons. The molecule has 1 aromatic rings. The van der Waals surface area contributed by atoms with E-state index in [-0.39, 0.29) is 41.3 Å². The summed E-state index contributed by atoms with van der Waals surface area (Å²) in [5, 5.41) is 3.24. The van der Waals surface area contributed by atoms with E-state index in [2.05, 4.69) is 16.4 Å². The Labute approximate surface area is 178 Å². The number of guanidine groups is 1. The number of rotatable bonds is 4. The first-order chi connectivity index (χ1) is 13.9. The third kappa shape index (κ3) is 4.16. The van der Waals surface area contributed by atoms with Crippen molar-refractivity contribution >= 4 is 17.8 Å². The van der Waals surface area contributed by atoms with Crippen LogP contribution in [0, 0.1) is 18.8 Å². The zero-order chi connectivity index (χ0) is 21.8. The molecule has 3 aliphatic rings. The van der Waals surface area contributed by atoms with Gasteiger partial charge in [0.2, 0.25) is 11.8 Å². The van der Waals surface area contributed by atoms with Gasteiger partial charge in [0.25, 0.3) is 0 Å². The highest BCUT2D eigenvalue weighted by Crippen LogP contribution is 2.43. The Hall–Kier alpha value is -2.57. The SMILES string of the molecule is Cc1ccc2c(c1)[C@@H](NC(=O)[C@@H]1C[C@H]1CN1C(=O)CC(C)(C)N=C1N)CC(C)(C)O2. The molecule has 7 heteroatoms. The molecule has 1 saturated carbocycles. The Kier molecular flexibility index (Phi) is 4.83. The lowest BCUT2D eigenvalue weighted by atomic mass is 9.89. The topological polar surface area (TPSA) is 97.0 Å². The summed E-state index contributed by atoms with van der Waals surface area (Å²) in [6.45, 7) is 10.4. The van der Waals surface area contributed by atoms with E-state index in [1.165, 1.54) is 0 Å². The van der Waals surface area contributed by atoms with Gasteiger partial charge in [-0.1, -0.05) is 17.7 Å². The van der Waals surface area contributed by atoms with Gasteiger partial charge in [0.15, 0.2) is 5.96 Å². The number of carbonyl (C=O) groups excluding carboxylic acids is 2. The molecular weight excluding hydrogens is 380 g/mol. The zero-order valence-electron chi connectivity index (χ0n) is 18.5. The number of carbonyl (C=O) groups is 2. The number of nitrogens with two attached hydrogens (primary N) is 1. The van der Waals surface area contributed by atoms with Gasteiger partial charge in [-0.2, -0.15) is 0 Å². The maximum Gasteiger partial charge on any atom is 0.231 e. The van der Waals surface area contributed by atoms with Gasteiger partial charge in [0, 0.05) is 24.4 Å². The fourth-order valence-corrected chi connectivity index (χ4v) is 4.59. The third-order valence-electron chi connectivity index (χ3n) is 6.19. The molecular formula is C23H32N4O3. The fourth-order valence-electron chi connectivity index (χ4n) is 4.59. The van der Waals surface area contributed by atoms with Crippen LogP contribution in [-0.4, -0.2) is 40.4 Å². The second kappa shape index (κ2) is 7.00. The number of nitrogens with one attached hydrogen (secondary N) is 1. The second-order valence-corrected chi connectivity index (χ2v) is 10.2. The highest BCUT2D eigenvalue weighted by atomic mass is 16.5. The molecule has 1 fully saturated rings. The van der Waals surface area contributed by atoms with Crippen molar-refractivity contribution in [3.63, 3.8) is 0 Å². The molecule has 1 aromatic carbocycles. The van der Waals surface area contributed by atoms with Crippen molar-refractivity contribution < 1.29 is 14.3 Å². The monoisotopic (exact) mass is 412 g/mol. The van der Waals surface area contributed by atoms with Gasteiger partial charge in [0.05, 0.1) is 18.0 Å². The minimum Gasteiger partial charge on any atom is -0.487 e. The van der Waals surface area contributed by atoms with Crippen molar-refractivity contribution in [1.29, 1.82) is 0 Å². The molecule has 30 heavy (non-hydrogen) atoms. The van der Waals surface area contributed by atoms with Crippen molar-refractivity contribution in [2.24, 2.45) is 22.6 Å². The van der Waals surface area contributed by atoms with Crippen LogP contribution in [0.3, 0.4) is 0 Å². The van der Waals surface area contributed by atoms with Crippen LogP contribution in [0.15, 0.2) is 23.2 Å². The Balaban J connectivity index is 1.42. The molecule has 4 rings (SSSR count). The molecule has 0 spiro atoms. The molecule has 0 saturated heterocycles. The van der Waals surface area contributed by atoms with Gasteiger partial charge in [-0.25, -0.2) is 4.99 Å². The van der Waals surface area contributed by atoms with E-state index in [4.69, 9.17) is 10.5 Å². The van der Waals surface area contributed by atoms with E-state index in [0.29, 0.717) is 19.4 Å². The van der Waals surface area contributed by atoms with Gasteiger partial charge in [-0.15, -0.1) is 0 Å². The molecule has 0 unspecified atom stereocenters. The summed E-state index contributed by atoms with van der Waals surface area (Å²) in [6, 6.07) is 6.02. The number of hydrogen-bond donors (Lipinski definition) is 2. The average Bonchev–Trinajstić information content (AvgIpc) is 3.37. The molecule has 7 nitrogen and oxygen atoms in total. The van der Waals surface area contributed by atoms with Crippen molar-refractivity contribution in [2.75, 3.05) is 6.54 Å². The summed E-state index contributed by atoms with van der Waals surface area (Å²) in [6.07, 6.45) is 1.82. The van der Waals surface area contributed by atoms with Crippen LogP contribution in [-0.2, 0) is 9.59 Å². The predicted molar refractivity (Wildman–Crippen MR) is 115 cm³/mol. The number of aliphatic imine (C=N–C) groups is 1. The van der Waals surface area contributed by atoms with E-state index in [0.717, 1.165) is 23.3 Å². The van der Waals surface area contributed by atoms with Gasteiger partial charge < -0.3 is 15.8 Å². The number of aryl methyl sites for hydroxylation is 1. The summed E-state index contributed by atoms with van der Waals surface area (Å²) in [4.78, 5) is 31.4. The smallest absolute Gasteiger partial charge is 0.231 e. The summed E-state index contributed by atoms with van der Waals surface area (Å²) < 4.78 is 6.10. The molecule has 2 aliphatic heterocycles. The Bertz CT molecular complexity index is 921. The van der Waals surface area contributed by atoms with E-state index in [1.54, 1.807) is 4.90 Å². The van der Waals surface area contributed by atoms with Crippen molar-refractivity contribution in [2.45, 2.75) is 71.1 Å². The van der Waals surface area contributed by atoms with Crippen LogP contribution < -0.4 is 15.8 Å². The van der Waals surface area contributed by atoms with Crippen LogP contribution in [0.4, 0.5) is 0 Å². The van der Waals surface area contributed by atoms with Gasteiger partial charge in [0.1, 0.15) is 11.4 Å². The Morgan fingerprint density at radius 1 is 1.33 bits per heavy atom. The third-order valence-corrected chi connectivity index (χ3v) is 6.19. The largest absolute Gasteiger partial charge is 0.487 e. The minimum atomic E-state index is -0.459. The molecule has 3 N–H and O–H groups in total. The Morgan fingerprint density at radius 3 is 2.77 bits per heavy atom. The second-order valence-electron chi connectivity index (χ2n) is 10.2. The van der Waals surface area contributed by atoms with Gasteiger partial charge >= 0.3 is 0 Å². The van der Waals surface area contributed by atoms with Gasteiger partial charge in [-0.05, 0) is 53.0 Å². The standard InChI is InChI=1S/C23H32N4O3/c1-13-6-7-18-16(8-13)17(10-23(4,5)30-18)25-20(29)15-9-14(15)12-27-19(28)11-22(2,3)26-21(27)24/h6-8,14-15,17H,9-12H2,1-5H3,(H2,24,26)(H,25,29)/t14-,15+,17-/m0/s1. The summed E-state index contributed by atoms with van der Waals surface area (Å²) in [5.74, 6) is 1.14. The van der Waals surface area contributed by atoms with E-state index in [9.17, 15) is 9.59 Å². The maximum atomic E-state index is 13.0. The normalized spacial score (nSPS) is 28.8. The van der Waals surface area contributed by atoms with Crippen LogP contribution in [0.2, 0.25) is 0 Å². The number of ether oxygens (including phenoxy) is 1. The molecule has 2 amide bonds. The van der Waals surface area contributed by atoms with E-state index in [1.807, 2.05) is 46.8 Å². The molecule has 0 aromatic heterocycles. The fraction of sp³-hybridized carbons (Fsp3) is 0.609. The summed E-state index contributed by atoms with van der Waals surface area (Å²) >= 11 is 0. The van der Waals surface area contributed by atoms with Gasteiger partial charge in [-0.3, -0.25) is 14.5 Å². The number of amides is 2. The number of nitrogens with zero attached hydrogens (tertiary/aromatic N) is 2. The maximum absolute atomic E-state index is 13.0. The van der Waals surface area contributed by atoms with Crippen molar-refractivity contribution in [3.05, 3.63) is 29.3 Å². The van der Waals surface area contributed by atoms with Crippen molar-refractivity contribution in [3.8, 4) is 5.75 Å². The lowest BCUT2D eigenvalue weighted by molar-refractivity contribution is -0.130. The summed E-state index contributed by atoms with van der Waals surface area (Å²) in [7, 11) is 0. The minimum absolute atomic E-state index is 0.0193. The first kappa shape index (κ1) is 20.7. The van der Waals surface area contributed by atoms with Crippen LogP contribution >= 0.6 is 0 Å². The highest BCUT2D eigenvalue weighted by Gasteiger charge is 2.47. The highest BCUT2D eigenvalue weighted by molar-refractivity contribution is 5.99. The first-order valence-electron chi connectivity index (χ1n) is 10.7. The van der Waals surface area contributed by atoms with Crippen molar-refractivity contribution in [1.82, 2.24) is 10.2 Å². The molecule has 2 heterocycles. The van der Waals surface area contributed by atoms with Crippen LogP contribution in [0.1, 0.15) is 64.1 Å². The first-order valence-corrected chi connectivity index (χ1v) is 10.7. The van der Waals surface area contributed by atoms with E-state index >= 15 is 0 Å². The predicted octanol–water partition coefficient (Wildman–Crippen LogP) is 2.68. The van der Waals surface area contributed by atoms with E-state index < -0.39 is 5.54 Å². The zero-order valence-corrected chi connectivity index (χ0v) is 18.5. The molecule has 0 radical (unpaired) electrons. The number of benzene rings is 1. The summed E-state index contributed by atoms with van der Waals surface area (Å²) in [5.41, 5.74) is 7.40. The average molecular weight is 413 g/mol. The quantitative estimate of drug-likeness (QED) is 0.794. The van der Waals surface area contributed by atoms with Crippen LogP contribution in [0.25, 0.3) is 0 Å². The Morgan fingerprint density at radius 2 is 2.07 bits per heavy atom.